The summed E-state index contributed by atoms with van der Waals surface area (Å²) in [5, 5.41) is 0.116. The number of carbonyl (C=O) groups is 1. The van der Waals surface area contributed by atoms with Crippen LogP contribution in [0.4, 0.5) is 0 Å². The van der Waals surface area contributed by atoms with E-state index in [2.05, 4.69) is 5.87 Å². The third-order valence-corrected chi connectivity index (χ3v) is 0.668. The van der Waals surface area contributed by atoms with E-state index >= 15 is 0 Å². The second-order valence-electron chi connectivity index (χ2n) is 0.677. The van der Waals surface area contributed by atoms with Crippen molar-refractivity contribution in [3.8, 4) is 0 Å². The zero-order chi connectivity index (χ0) is 4.28. The summed E-state index contributed by atoms with van der Waals surface area (Å²) in [5.74, 6) is 3.31. The van der Waals surface area contributed by atoms with Crippen molar-refractivity contribution in [3.63, 3.8) is 0 Å². The van der Waals surface area contributed by atoms with Gasteiger partial charge in [0.1, 0.15) is 0 Å². The molecule has 0 saturated carbocycles. The molecular weight excluding hydrogens is 84.1 g/mol. The van der Waals surface area contributed by atoms with E-state index in [4.69, 9.17) is 0 Å². The second-order valence-corrected chi connectivity index (χ2v) is 1.62. The summed E-state index contributed by atoms with van der Waals surface area (Å²) in [5.41, 5.74) is 0. The van der Waals surface area contributed by atoms with Crippen molar-refractivity contribution < 1.29 is 4.79 Å². The summed E-state index contributed by atoms with van der Waals surface area (Å²) in [6, 6.07) is 0. The highest BCUT2D eigenvalue weighted by Crippen LogP contribution is 1.76. The summed E-state index contributed by atoms with van der Waals surface area (Å²) in [7, 11) is 0. The van der Waals surface area contributed by atoms with Gasteiger partial charge in [0.2, 0.25) is 0 Å². The predicted octanol–water partition coefficient (Wildman–Crippen LogP) is 0.430. The summed E-state index contributed by atoms with van der Waals surface area (Å²) in [6.07, 6.45) is 0. The van der Waals surface area contributed by atoms with Gasteiger partial charge >= 0.3 is 0 Å². The molecule has 0 atom stereocenters. The smallest absolute Gasteiger partial charge is 0.177 e. The second kappa shape index (κ2) is 2.15. The lowest BCUT2D eigenvalue weighted by molar-refractivity contribution is -0.109. The fraction of sp³-hybridized carbons (Fsp3) is 0.333. The van der Waals surface area contributed by atoms with Gasteiger partial charge in [-0.1, -0.05) is 5.87 Å². The molecule has 5 heavy (non-hydrogen) atoms. The molecule has 0 heterocycles. The van der Waals surface area contributed by atoms with Gasteiger partial charge in [-0.05, 0) is 0 Å². The first kappa shape index (κ1) is 4.89. The van der Waals surface area contributed by atoms with Crippen molar-refractivity contribution in [2.45, 2.75) is 6.92 Å². The minimum atomic E-state index is 0.116. The van der Waals surface area contributed by atoms with Gasteiger partial charge < -0.3 is 0 Å². The van der Waals surface area contributed by atoms with Crippen LogP contribution >= 0.6 is 11.4 Å². The largest absolute Gasteiger partial charge is 0.288 e. The van der Waals surface area contributed by atoms with Crippen LogP contribution < -0.4 is 0 Å². The highest BCUT2D eigenvalue weighted by atomic mass is 32.1. The monoisotopic (exact) mass is 90.0 g/mol. The molecule has 0 unspecified atom stereocenters. The first-order chi connectivity index (χ1) is 2.27. The first-order valence-corrected chi connectivity index (χ1v) is 2.32. The third-order valence-electron chi connectivity index (χ3n) is 0.223. The molecule has 0 aromatic rings. The van der Waals surface area contributed by atoms with Gasteiger partial charge in [-0.2, -0.15) is 0 Å². The van der Waals surface area contributed by atoms with Crippen molar-refractivity contribution >= 4 is 22.3 Å². The van der Waals surface area contributed by atoms with Crippen LogP contribution in [0.25, 0.3) is 0 Å². The van der Waals surface area contributed by atoms with Crippen molar-refractivity contribution in [2.75, 3.05) is 0 Å². The standard InChI is InChI=1S/C3H6OS/c1-3(4)5-2/h5H,2H2,1H3. The molecule has 0 aromatic heterocycles. The molecule has 0 aliphatic rings. The quantitative estimate of drug-likeness (QED) is 0.337. The minimum absolute atomic E-state index is 0.116. The van der Waals surface area contributed by atoms with E-state index < -0.39 is 0 Å². The van der Waals surface area contributed by atoms with E-state index in [9.17, 15) is 4.79 Å². The lowest BCUT2D eigenvalue weighted by Gasteiger charge is -1.64. The number of rotatable bonds is 0. The molecular formula is C3H6OS. The molecule has 0 aromatic carbocycles. The maximum absolute atomic E-state index is 9.74. The van der Waals surface area contributed by atoms with Crippen LogP contribution in [-0.2, 0) is 4.79 Å². The van der Waals surface area contributed by atoms with Crippen LogP contribution in [0, 0.1) is 0 Å². The first-order valence-electron chi connectivity index (χ1n) is 1.24. The van der Waals surface area contributed by atoms with E-state index in [1.165, 1.54) is 6.92 Å². The zero-order valence-corrected chi connectivity index (χ0v) is 3.96. The van der Waals surface area contributed by atoms with Crippen molar-refractivity contribution in [1.29, 1.82) is 0 Å². The van der Waals surface area contributed by atoms with Gasteiger partial charge in [-0.15, -0.1) is 11.4 Å². The topological polar surface area (TPSA) is 17.1 Å². The Labute approximate surface area is 35.0 Å². The average Bonchev–Trinajstić information content (AvgIpc) is 1.38. The normalized spacial score (nSPS) is 7.40. The lowest BCUT2D eigenvalue weighted by atomic mass is 10.9. The third kappa shape index (κ3) is 3.89. The summed E-state index contributed by atoms with van der Waals surface area (Å²) in [6.45, 7) is 1.51. The molecule has 0 amide bonds. The van der Waals surface area contributed by atoms with E-state index in [0.29, 0.717) is 11.4 Å². The molecule has 2 heteroatoms. The Morgan fingerprint density at radius 3 is 2.20 bits per heavy atom. The molecule has 0 aliphatic heterocycles. The van der Waals surface area contributed by atoms with Crippen LogP contribution in [0.5, 0.6) is 0 Å². The Balaban J connectivity index is 3.20. The van der Waals surface area contributed by atoms with E-state index in [0.717, 1.165) is 0 Å². The summed E-state index contributed by atoms with van der Waals surface area (Å²) < 4.78 is 0. The molecule has 0 fully saturated rings. The van der Waals surface area contributed by atoms with Crippen LogP contribution in [0.15, 0.2) is 0 Å². The fourth-order valence-corrected chi connectivity index (χ4v) is 0. The van der Waals surface area contributed by atoms with E-state index in [1.807, 2.05) is 0 Å². The van der Waals surface area contributed by atoms with E-state index in [-0.39, 0.29) is 5.12 Å². The van der Waals surface area contributed by atoms with E-state index in [1.54, 1.807) is 0 Å². The zero-order valence-electron chi connectivity index (χ0n) is 3.06. The molecule has 0 radical (unpaired) electrons. The number of carbonyl (C=O) groups excluding carboxylic acids is 1. The van der Waals surface area contributed by atoms with Gasteiger partial charge in [0.15, 0.2) is 5.12 Å². The summed E-state index contributed by atoms with van der Waals surface area (Å²) in [4.78, 5) is 9.74. The van der Waals surface area contributed by atoms with Crippen LogP contribution in [-0.4, -0.2) is 11.0 Å². The van der Waals surface area contributed by atoms with Gasteiger partial charge in [-0.3, -0.25) is 4.79 Å². The Bertz CT molecular complexity index is 57.9. The van der Waals surface area contributed by atoms with Crippen molar-refractivity contribution in [1.82, 2.24) is 0 Å². The molecule has 0 bridgehead atoms. The number of hydrogen-bond donors (Lipinski definition) is 1. The minimum Gasteiger partial charge on any atom is -0.288 e. The summed E-state index contributed by atoms with van der Waals surface area (Å²) >= 11 is 0.608. The highest BCUT2D eigenvalue weighted by molar-refractivity contribution is 8.10. The highest BCUT2D eigenvalue weighted by Gasteiger charge is 1.68. The van der Waals surface area contributed by atoms with Crippen LogP contribution in [0.1, 0.15) is 6.92 Å². The molecule has 0 N–H and O–H groups in total. The molecule has 1 nitrogen and oxygen atoms in total. The van der Waals surface area contributed by atoms with Crippen molar-refractivity contribution in [2.24, 2.45) is 0 Å². The van der Waals surface area contributed by atoms with Crippen molar-refractivity contribution in [3.05, 3.63) is 0 Å². The Morgan fingerprint density at radius 1 is 2.00 bits per heavy atom. The molecule has 0 saturated heterocycles. The van der Waals surface area contributed by atoms with Gasteiger partial charge in [-0.25, -0.2) is 0 Å². The lowest BCUT2D eigenvalue weighted by Crippen LogP contribution is -1.67. The molecule has 0 spiro atoms. The maximum atomic E-state index is 9.74. The van der Waals surface area contributed by atoms with Gasteiger partial charge in [0.25, 0.3) is 0 Å². The number of thiol groups is 1. The van der Waals surface area contributed by atoms with Gasteiger partial charge in [0.05, 0.1) is 0 Å². The SMILES string of the molecule is C=[SH]C(C)=O. The Hall–Kier alpha value is -0.110. The van der Waals surface area contributed by atoms with Crippen LogP contribution in [0.2, 0.25) is 0 Å². The molecule has 0 rings (SSSR count). The maximum Gasteiger partial charge on any atom is 0.177 e. The number of hydrogen-bond acceptors (Lipinski definition) is 1. The fourth-order valence-electron chi connectivity index (χ4n) is 0. The molecule has 30 valence electrons. The Kier molecular flexibility index (Phi) is 2.10. The Morgan fingerprint density at radius 2 is 2.20 bits per heavy atom. The predicted molar refractivity (Wildman–Crippen MR) is 26.8 cm³/mol. The average molecular weight is 90.1 g/mol. The van der Waals surface area contributed by atoms with Gasteiger partial charge in [0, 0.05) is 6.92 Å². The molecule has 0 aliphatic carbocycles. The van der Waals surface area contributed by atoms with Crippen LogP contribution in [0.3, 0.4) is 0 Å².